The molecule has 0 spiro atoms. The van der Waals surface area contributed by atoms with Gasteiger partial charge in [-0.05, 0) is 5.92 Å². The van der Waals surface area contributed by atoms with Crippen LogP contribution < -0.4 is 0 Å². The highest BCUT2D eigenvalue weighted by molar-refractivity contribution is 4.54. The highest BCUT2D eigenvalue weighted by Gasteiger charge is 1.99. The van der Waals surface area contributed by atoms with Gasteiger partial charge in [-0.25, -0.2) is 0 Å². The first kappa shape index (κ1) is 12.0. The minimum Gasteiger partial charge on any atom is -0.0654 e. The van der Waals surface area contributed by atoms with Crippen LogP contribution in [0.4, 0.5) is 0 Å². The Balaban J connectivity index is 2.97. The Hall–Kier alpha value is 0. The number of rotatable bonds is 8. The van der Waals surface area contributed by atoms with Gasteiger partial charge in [0.1, 0.15) is 0 Å². The Morgan fingerprint density at radius 3 is 2.25 bits per heavy atom. The molecule has 0 bridgehead atoms. The van der Waals surface area contributed by atoms with Crippen LogP contribution in [0.15, 0.2) is 0 Å². The molecule has 0 aromatic carbocycles. The molecule has 0 aliphatic carbocycles. The Bertz CT molecular complexity index is 76.1. The quantitative estimate of drug-likeness (QED) is 0.466. The molecule has 0 heterocycles. The van der Waals surface area contributed by atoms with E-state index in [2.05, 4.69) is 20.8 Å². The minimum absolute atomic E-state index is 0.907. The fourth-order valence-electron chi connectivity index (χ4n) is 1.59. The standard InChI is InChI=1S/C12H25/c1-4-6-7-8-9-11-12(3)10-5-2/h12H,2,4-11H2,1,3H3. The lowest BCUT2D eigenvalue weighted by Gasteiger charge is -2.08. The van der Waals surface area contributed by atoms with Crippen molar-refractivity contribution in [1.82, 2.24) is 0 Å². The second kappa shape index (κ2) is 9.09. The van der Waals surface area contributed by atoms with Crippen LogP contribution in [-0.2, 0) is 0 Å². The molecule has 0 saturated carbocycles. The van der Waals surface area contributed by atoms with Crippen molar-refractivity contribution in [3.63, 3.8) is 0 Å². The molecular weight excluding hydrogens is 144 g/mol. The molecule has 73 valence electrons. The molecule has 1 unspecified atom stereocenters. The lowest BCUT2D eigenvalue weighted by Crippen LogP contribution is -1.93. The van der Waals surface area contributed by atoms with E-state index >= 15 is 0 Å². The third kappa shape index (κ3) is 8.10. The zero-order valence-electron chi connectivity index (χ0n) is 8.94. The monoisotopic (exact) mass is 169 g/mol. The third-order valence-corrected chi connectivity index (χ3v) is 2.50. The summed E-state index contributed by atoms with van der Waals surface area (Å²) in [5.74, 6) is 0.907. The van der Waals surface area contributed by atoms with Crippen LogP contribution in [0.3, 0.4) is 0 Å². The van der Waals surface area contributed by atoms with Crippen LogP contribution in [0.5, 0.6) is 0 Å². The molecule has 0 nitrogen and oxygen atoms in total. The molecular formula is C12H25. The topological polar surface area (TPSA) is 0 Å². The summed E-state index contributed by atoms with van der Waals surface area (Å²) in [7, 11) is 0. The largest absolute Gasteiger partial charge is 0.0654 e. The first-order chi connectivity index (χ1) is 5.81. The van der Waals surface area contributed by atoms with Crippen LogP contribution in [-0.4, -0.2) is 0 Å². The van der Waals surface area contributed by atoms with E-state index in [0.29, 0.717) is 0 Å². The van der Waals surface area contributed by atoms with Crippen molar-refractivity contribution in [1.29, 1.82) is 0 Å². The first-order valence-corrected chi connectivity index (χ1v) is 5.60. The molecule has 0 N–H and O–H groups in total. The Kier molecular flexibility index (Phi) is 9.09. The second-order valence-electron chi connectivity index (χ2n) is 3.95. The fourth-order valence-corrected chi connectivity index (χ4v) is 1.59. The van der Waals surface area contributed by atoms with E-state index in [-0.39, 0.29) is 0 Å². The third-order valence-electron chi connectivity index (χ3n) is 2.50. The molecule has 12 heavy (non-hydrogen) atoms. The molecule has 0 rings (SSSR count). The zero-order chi connectivity index (χ0) is 9.23. The predicted octanol–water partition coefficient (Wildman–Crippen LogP) is 4.60. The van der Waals surface area contributed by atoms with Gasteiger partial charge in [-0.15, -0.1) is 0 Å². The molecule has 0 saturated heterocycles. The maximum absolute atomic E-state index is 3.88. The lowest BCUT2D eigenvalue weighted by molar-refractivity contribution is 0.460. The maximum atomic E-state index is 3.88. The summed E-state index contributed by atoms with van der Waals surface area (Å²) >= 11 is 0. The molecule has 0 amide bonds. The van der Waals surface area contributed by atoms with E-state index < -0.39 is 0 Å². The molecule has 0 aromatic rings. The smallest absolute Gasteiger partial charge is 0.0443 e. The van der Waals surface area contributed by atoms with Gasteiger partial charge >= 0.3 is 0 Å². The van der Waals surface area contributed by atoms with E-state index in [1.807, 2.05) is 0 Å². The summed E-state index contributed by atoms with van der Waals surface area (Å²) < 4.78 is 0. The summed E-state index contributed by atoms with van der Waals surface area (Å²) in [5.41, 5.74) is 0. The molecule has 0 fully saturated rings. The summed E-state index contributed by atoms with van der Waals surface area (Å²) in [6, 6.07) is 0. The highest BCUT2D eigenvalue weighted by atomic mass is 14.0. The van der Waals surface area contributed by atoms with Crippen molar-refractivity contribution < 1.29 is 0 Å². The van der Waals surface area contributed by atoms with Crippen LogP contribution in [0.2, 0.25) is 0 Å². The van der Waals surface area contributed by atoms with Gasteiger partial charge in [-0.2, -0.15) is 0 Å². The molecule has 0 aliphatic heterocycles. The maximum Gasteiger partial charge on any atom is -0.0443 e. The molecule has 0 heteroatoms. The average Bonchev–Trinajstić information content (AvgIpc) is 2.05. The van der Waals surface area contributed by atoms with Crippen molar-refractivity contribution in [3.05, 3.63) is 6.92 Å². The summed E-state index contributed by atoms with van der Waals surface area (Å²) in [6.07, 6.45) is 10.9. The summed E-state index contributed by atoms with van der Waals surface area (Å²) in [5, 5.41) is 0. The highest BCUT2D eigenvalue weighted by Crippen LogP contribution is 2.15. The molecule has 0 aromatic heterocycles. The normalized spacial score (nSPS) is 13.2. The van der Waals surface area contributed by atoms with Gasteiger partial charge in [-0.3, -0.25) is 0 Å². The van der Waals surface area contributed by atoms with Gasteiger partial charge in [0.05, 0.1) is 0 Å². The minimum atomic E-state index is 0.907. The van der Waals surface area contributed by atoms with Crippen LogP contribution in [0, 0.1) is 12.8 Å². The SMILES string of the molecule is [CH2]CCC(C)CCCCCCC. The first-order valence-electron chi connectivity index (χ1n) is 5.60. The fraction of sp³-hybridized carbons (Fsp3) is 0.917. The second-order valence-corrected chi connectivity index (χ2v) is 3.95. The Morgan fingerprint density at radius 2 is 1.67 bits per heavy atom. The van der Waals surface area contributed by atoms with E-state index in [9.17, 15) is 0 Å². The summed E-state index contributed by atoms with van der Waals surface area (Å²) in [6.45, 7) is 8.50. The lowest BCUT2D eigenvalue weighted by atomic mass is 9.98. The van der Waals surface area contributed by atoms with Gasteiger partial charge in [0.15, 0.2) is 0 Å². The van der Waals surface area contributed by atoms with Gasteiger partial charge in [-0.1, -0.05) is 72.1 Å². The van der Waals surface area contributed by atoms with Gasteiger partial charge in [0.2, 0.25) is 0 Å². The number of hydrogen-bond donors (Lipinski definition) is 0. The van der Waals surface area contributed by atoms with Gasteiger partial charge < -0.3 is 0 Å². The van der Waals surface area contributed by atoms with Gasteiger partial charge in [0, 0.05) is 0 Å². The molecule has 0 aliphatic rings. The van der Waals surface area contributed by atoms with Crippen LogP contribution >= 0.6 is 0 Å². The van der Waals surface area contributed by atoms with E-state index in [1.165, 1.54) is 44.9 Å². The zero-order valence-corrected chi connectivity index (χ0v) is 8.94. The van der Waals surface area contributed by atoms with E-state index in [1.54, 1.807) is 0 Å². The molecule has 1 atom stereocenters. The predicted molar refractivity (Wildman–Crippen MR) is 57.1 cm³/mol. The van der Waals surface area contributed by atoms with E-state index in [4.69, 9.17) is 0 Å². The molecule has 1 radical (unpaired) electrons. The van der Waals surface area contributed by atoms with Crippen molar-refractivity contribution in [2.45, 2.75) is 65.2 Å². The van der Waals surface area contributed by atoms with Crippen molar-refractivity contribution in [2.24, 2.45) is 5.92 Å². The van der Waals surface area contributed by atoms with Crippen LogP contribution in [0.25, 0.3) is 0 Å². The number of hydrogen-bond acceptors (Lipinski definition) is 0. The average molecular weight is 169 g/mol. The van der Waals surface area contributed by atoms with Crippen molar-refractivity contribution in [3.8, 4) is 0 Å². The van der Waals surface area contributed by atoms with Crippen molar-refractivity contribution in [2.75, 3.05) is 0 Å². The van der Waals surface area contributed by atoms with E-state index in [0.717, 1.165) is 12.3 Å². The van der Waals surface area contributed by atoms with Crippen LogP contribution in [0.1, 0.15) is 65.2 Å². The van der Waals surface area contributed by atoms with Crippen molar-refractivity contribution >= 4 is 0 Å². The Labute approximate surface area is 78.8 Å². The summed E-state index contributed by atoms with van der Waals surface area (Å²) in [4.78, 5) is 0. The Morgan fingerprint density at radius 1 is 1.00 bits per heavy atom. The number of unbranched alkanes of at least 4 members (excludes halogenated alkanes) is 4. The van der Waals surface area contributed by atoms with Gasteiger partial charge in [0.25, 0.3) is 0 Å².